The number of esters is 1. The average Bonchev–Trinajstić information content (AvgIpc) is 3.35. The van der Waals surface area contributed by atoms with E-state index >= 15 is 0 Å². The maximum atomic E-state index is 14.0. The third-order valence-electron chi connectivity index (χ3n) is 6.83. The number of unbranched alkanes of at least 4 members (excludes halogenated alkanes) is 1. The van der Waals surface area contributed by atoms with E-state index in [1.807, 2.05) is 13.8 Å². The highest BCUT2D eigenvalue weighted by atomic mass is 19.1. The molecule has 0 saturated heterocycles. The lowest BCUT2D eigenvalue weighted by atomic mass is 9.77. The lowest BCUT2D eigenvalue weighted by Crippen LogP contribution is -2.63. The first-order valence-electron chi connectivity index (χ1n) is 12.9. The van der Waals surface area contributed by atoms with Gasteiger partial charge < -0.3 is 18.6 Å². The summed E-state index contributed by atoms with van der Waals surface area (Å²) in [6.45, 7) is 7.51. The predicted molar refractivity (Wildman–Crippen MR) is 137 cm³/mol. The zero-order valence-corrected chi connectivity index (χ0v) is 22.2. The molecule has 11 heteroatoms. The molecule has 2 atom stereocenters. The first-order chi connectivity index (χ1) is 18.8. The number of dihydropyridines is 1. The highest BCUT2D eigenvalue weighted by Gasteiger charge is 2.59. The molecule has 0 saturated carbocycles. The maximum absolute atomic E-state index is 14.0. The van der Waals surface area contributed by atoms with Gasteiger partial charge in [-0.2, -0.15) is 0 Å². The summed E-state index contributed by atoms with van der Waals surface area (Å²) in [7, 11) is 0. The lowest BCUT2D eigenvalue weighted by molar-refractivity contribution is -0.145. The Morgan fingerprint density at radius 3 is 2.64 bits per heavy atom. The number of rotatable bonds is 9. The molecule has 1 aromatic carbocycles. The van der Waals surface area contributed by atoms with E-state index in [1.165, 1.54) is 23.2 Å². The van der Waals surface area contributed by atoms with Crippen LogP contribution < -0.4 is 0 Å². The van der Waals surface area contributed by atoms with E-state index in [0.717, 1.165) is 18.4 Å². The number of benzene rings is 1. The molecule has 1 aromatic heterocycles. The summed E-state index contributed by atoms with van der Waals surface area (Å²) in [5.74, 6) is -0.670. The monoisotopic (exact) mass is 536 g/mol. The molecule has 0 bridgehead atoms. The Kier molecular flexibility index (Phi) is 7.07. The molecule has 3 aliphatic rings. The van der Waals surface area contributed by atoms with Gasteiger partial charge in [0.05, 0.1) is 19.4 Å². The number of aromatic nitrogens is 2. The second-order valence-electron chi connectivity index (χ2n) is 9.54. The minimum absolute atomic E-state index is 0.0710. The number of hydrogen-bond acceptors (Lipinski definition) is 9. The van der Waals surface area contributed by atoms with Gasteiger partial charge in [0.25, 0.3) is 11.8 Å². The van der Waals surface area contributed by atoms with Crippen LogP contribution in [-0.2, 0) is 30.2 Å². The van der Waals surface area contributed by atoms with Crippen LogP contribution in [0.5, 0.6) is 0 Å². The number of aryl methyl sites for hydroxylation is 1. The summed E-state index contributed by atoms with van der Waals surface area (Å²) in [5.41, 5.74) is 0.0781. The minimum atomic E-state index is -1.18. The summed E-state index contributed by atoms with van der Waals surface area (Å²) >= 11 is 0. The van der Waals surface area contributed by atoms with Crippen LogP contribution in [0.15, 0.2) is 62.5 Å². The lowest BCUT2D eigenvalue weighted by Gasteiger charge is -2.51. The Balaban J connectivity index is 1.69. The van der Waals surface area contributed by atoms with Gasteiger partial charge in [-0.25, -0.2) is 9.18 Å². The molecule has 0 radical (unpaired) electrons. The quantitative estimate of drug-likeness (QED) is 0.268. The van der Waals surface area contributed by atoms with Gasteiger partial charge in [-0.15, -0.1) is 10.2 Å². The van der Waals surface area contributed by atoms with Crippen LogP contribution in [0.1, 0.15) is 51.0 Å². The number of nitrogens with zero attached hydrogens (tertiary/aromatic N) is 4. The maximum Gasteiger partial charge on any atom is 0.347 e. The van der Waals surface area contributed by atoms with E-state index in [2.05, 4.69) is 10.2 Å². The van der Waals surface area contributed by atoms with Crippen LogP contribution in [0.4, 0.5) is 4.39 Å². The molecule has 204 valence electrons. The molecule has 0 fully saturated rings. The van der Waals surface area contributed by atoms with Crippen LogP contribution in [0.2, 0.25) is 0 Å². The second kappa shape index (κ2) is 10.5. The van der Waals surface area contributed by atoms with Crippen LogP contribution in [0.3, 0.4) is 0 Å². The molecule has 2 unspecified atom stereocenters. The van der Waals surface area contributed by atoms with Crippen LogP contribution in [-0.4, -0.2) is 58.0 Å². The van der Waals surface area contributed by atoms with E-state index < -0.39 is 23.5 Å². The standard InChI is InChI=1S/C28H29FN4O6/c1-5-7-12-37-22-21(27(35)36-6-2)26(34)33-15-20(25-32-31-16(3)38-25)39-24-18(14-30-23(22)28(24,33)4)13-17-8-10-19(29)11-9-17/h8-11,14-15,23H,5-7,12-13H2,1-4H3. The Labute approximate surface area is 224 Å². The second-order valence-corrected chi connectivity index (χ2v) is 9.54. The Hall–Kier alpha value is -4.28. The molecular formula is C28H29FN4O6. The number of amides is 1. The fourth-order valence-electron chi connectivity index (χ4n) is 4.88. The van der Waals surface area contributed by atoms with Gasteiger partial charge in [-0.05, 0) is 38.0 Å². The summed E-state index contributed by atoms with van der Waals surface area (Å²) in [4.78, 5) is 33.3. The number of halogens is 1. The van der Waals surface area contributed by atoms with E-state index in [0.29, 0.717) is 30.3 Å². The molecule has 10 nitrogen and oxygen atoms in total. The summed E-state index contributed by atoms with van der Waals surface area (Å²) in [5, 5.41) is 7.93. The first kappa shape index (κ1) is 26.3. The zero-order valence-electron chi connectivity index (χ0n) is 22.2. The van der Waals surface area contributed by atoms with Crippen LogP contribution in [0, 0.1) is 12.7 Å². The van der Waals surface area contributed by atoms with Crippen LogP contribution in [0.25, 0.3) is 5.76 Å². The Morgan fingerprint density at radius 1 is 1.21 bits per heavy atom. The number of aliphatic imine (C=N–C) groups is 1. The first-order valence-corrected chi connectivity index (χ1v) is 12.9. The molecule has 5 rings (SSSR count). The van der Waals surface area contributed by atoms with Crippen molar-refractivity contribution in [2.75, 3.05) is 13.2 Å². The van der Waals surface area contributed by atoms with Crippen molar-refractivity contribution >= 4 is 23.9 Å². The fraction of sp³-hybridized carbons (Fsp3) is 0.393. The molecule has 3 aliphatic heterocycles. The van der Waals surface area contributed by atoms with Crippen molar-refractivity contribution in [2.24, 2.45) is 4.99 Å². The van der Waals surface area contributed by atoms with Gasteiger partial charge in [0.2, 0.25) is 11.6 Å². The average molecular weight is 537 g/mol. The summed E-state index contributed by atoms with van der Waals surface area (Å²) in [6.07, 6.45) is 5.02. The third-order valence-corrected chi connectivity index (χ3v) is 6.83. The van der Waals surface area contributed by atoms with E-state index in [9.17, 15) is 14.0 Å². The topological polar surface area (TPSA) is 116 Å². The van der Waals surface area contributed by atoms with Gasteiger partial charge in [-0.3, -0.25) is 14.7 Å². The summed E-state index contributed by atoms with van der Waals surface area (Å²) in [6, 6.07) is 5.32. The van der Waals surface area contributed by atoms with Gasteiger partial charge in [0.1, 0.15) is 28.9 Å². The van der Waals surface area contributed by atoms with Crippen molar-refractivity contribution in [3.05, 3.63) is 76.3 Å². The molecule has 1 amide bonds. The minimum Gasteiger partial charge on any atom is -0.494 e. The summed E-state index contributed by atoms with van der Waals surface area (Å²) < 4.78 is 36.9. The normalized spacial score (nSPS) is 22.0. The van der Waals surface area contributed by atoms with E-state index in [4.69, 9.17) is 23.6 Å². The van der Waals surface area contributed by atoms with E-state index in [-0.39, 0.29) is 35.4 Å². The van der Waals surface area contributed by atoms with Gasteiger partial charge in [0.15, 0.2) is 5.57 Å². The molecule has 0 aliphatic carbocycles. The number of hydrogen-bond donors (Lipinski definition) is 0. The fourth-order valence-corrected chi connectivity index (χ4v) is 4.88. The Morgan fingerprint density at radius 2 is 1.97 bits per heavy atom. The number of ether oxygens (including phenoxy) is 3. The molecule has 2 aromatic rings. The largest absolute Gasteiger partial charge is 0.494 e. The van der Waals surface area contributed by atoms with Crippen molar-refractivity contribution in [2.45, 2.75) is 58.5 Å². The number of carbonyl (C=O) groups excluding carboxylic acids is 2. The van der Waals surface area contributed by atoms with Gasteiger partial charge >= 0.3 is 5.97 Å². The van der Waals surface area contributed by atoms with E-state index in [1.54, 1.807) is 32.2 Å². The molecule has 39 heavy (non-hydrogen) atoms. The molecular weight excluding hydrogens is 507 g/mol. The SMILES string of the molecule is CCCCOC1=C(C(=O)OCC)C(=O)N2C=C(c3nnc(C)o3)OC3=C(Cc4ccc(F)cc4)C=NC1C32C. The smallest absolute Gasteiger partial charge is 0.347 e. The zero-order chi connectivity index (χ0) is 27.7. The van der Waals surface area contributed by atoms with Crippen molar-refractivity contribution in [1.29, 1.82) is 0 Å². The Bertz CT molecular complexity index is 1420. The third kappa shape index (κ3) is 4.62. The number of carbonyl (C=O) groups is 2. The van der Waals surface area contributed by atoms with Crippen molar-refractivity contribution < 1.29 is 32.6 Å². The molecule has 0 spiro atoms. The van der Waals surface area contributed by atoms with Gasteiger partial charge in [-0.1, -0.05) is 25.5 Å². The number of allylic oxidation sites excluding steroid dienone is 1. The van der Waals surface area contributed by atoms with Crippen molar-refractivity contribution in [1.82, 2.24) is 15.1 Å². The molecule has 0 N–H and O–H groups in total. The van der Waals surface area contributed by atoms with Crippen molar-refractivity contribution in [3.8, 4) is 0 Å². The van der Waals surface area contributed by atoms with Crippen LogP contribution >= 0.6 is 0 Å². The molecule has 4 heterocycles. The van der Waals surface area contributed by atoms with Crippen molar-refractivity contribution in [3.63, 3.8) is 0 Å². The highest BCUT2D eigenvalue weighted by Crippen LogP contribution is 2.49. The predicted octanol–water partition coefficient (Wildman–Crippen LogP) is 4.03. The van der Waals surface area contributed by atoms with Gasteiger partial charge in [0, 0.05) is 25.1 Å². The highest BCUT2D eigenvalue weighted by molar-refractivity contribution is 6.18.